The van der Waals surface area contributed by atoms with Crippen LogP contribution in [0.15, 0.2) is 36.4 Å². The van der Waals surface area contributed by atoms with Crippen LogP contribution in [-0.4, -0.2) is 26.6 Å². The van der Waals surface area contributed by atoms with Crippen molar-refractivity contribution in [1.29, 1.82) is 0 Å². The molecule has 0 atom stereocenters. The van der Waals surface area contributed by atoms with Gasteiger partial charge in [-0.25, -0.2) is 4.79 Å². The number of rotatable bonds is 2. The van der Waals surface area contributed by atoms with Gasteiger partial charge < -0.3 is 20.4 Å². The van der Waals surface area contributed by atoms with Gasteiger partial charge in [-0.15, -0.1) is 0 Å². The minimum atomic E-state index is -1.83. The molecule has 0 heterocycles. The molecule has 2 aromatic rings. The predicted octanol–water partition coefficient (Wildman–Crippen LogP) is 7.17. The van der Waals surface area contributed by atoms with Crippen molar-refractivity contribution in [2.24, 2.45) is 0 Å². The van der Waals surface area contributed by atoms with E-state index >= 15 is 0 Å². The first-order valence-electron chi connectivity index (χ1n) is 11.3. The van der Waals surface area contributed by atoms with E-state index in [9.17, 15) is 10.2 Å². The molecule has 1 aliphatic carbocycles. The summed E-state index contributed by atoms with van der Waals surface area (Å²) in [4.78, 5) is 8.56. The Hall–Kier alpha value is -2.69. The first-order chi connectivity index (χ1) is 14.7. The van der Waals surface area contributed by atoms with Crippen LogP contribution in [0.2, 0.25) is 0 Å². The first kappa shape index (κ1) is 25.6. The summed E-state index contributed by atoms with van der Waals surface area (Å²) in [5.41, 5.74) is 4.32. The van der Waals surface area contributed by atoms with Gasteiger partial charge in [0.05, 0.1) is 0 Å². The normalized spacial score (nSPS) is 16.1. The molecule has 3 rings (SSSR count). The zero-order valence-electron chi connectivity index (χ0n) is 20.2. The largest absolute Gasteiger partial charge is 0.508 e. The van der Waals surface area contributed by atoms with E-state index in [1.165, 1.54) is 30.4 Å². The second-order valence-electron chi connectivity index (χ2n) is 10.9. The van der Waals surface area contributed by atoms with E-state index in [1.54, 1.807) is 0 Å². The van der Waals surface area contributed by atoms with E-state index in [0.29, 0.717) is 11.5 Å². The standard InChI is InChI=1S/C26H36O2.CH2O3/c1-24(2,3)20-16-18(10-12-22(20)27)26(14-8-7-9-15-26)19-11-13-23(28)21(17-19)25(4,5)6;2-1(3)4/h10-13,16-17,27-28H,7-9,14-15H2,1-6H3;(H2,2,3,4). The van der Waals surface area contributed by atoms with Crippen molar-refractivity contribution in [3.05, 3.63) is 58.7 Å². The number of phenolic OH excluding ortho intramolecular Hbond substituents is 2. The maximum absolute atomic E-state index is 10.5. The molecule has 0 bridgehead atoms. The Kier molecular flexibility index (Phi) is 7.54. The van der Waals surface area contributed by atoms with E-state index in [1.807, 2.05) is 12.1 Å². The number of hydrogen-bond donors (Lipinski definition) is 4. The zero-order chi connectivity index (χ0) is 24.3. The molecular weight excluding hydrogens is 404 g/mol. The fraction of sp³-hybridized carbons (Fsp3) is 0.519. The van der Waals surface area contributed by atoms with Gasteiger partial charge in [0, 0.05) is 5.41 Å². The first-order valence-corrected chi connectivity index (χ1v) is 11.3. The SMILES string of the molecule is CC(C)(C)c1cc(C2(c3ccc(O)c(C(C)(C)C)c3)CCCCC2)ccc1O.O=C(O)O. The second-order valence-corrected chi connectivity index (χ2v) is 10.9. The number of carboxylic acid groups (broad SMARTS) is 2. The highest BCUT2D eigenvalue weighted by Crippen LogP contribution is 2.48. The third kappa shape index (κ3) is 5.76. The van der Waals surface area contributed by atoms with Gasteiger partial charge in [0.2, 0.25) is 0 Å². The van der Waals surface area contributed by atoms with Gasteiger partial charge in [0.25, 0.3) is 0 Å². The number of benzene rings is 2. The predicted molar refractivity (Wildman–Crippen MR) is 128 cm³/mol. The Labute approximate surface area is 191 Å². The van der Waals surface area contributed by atoms with Gasteiger partial charge in [-0.05, 0) is 58.1 Å². The van der Waals surface area contributed by atoms with Crippen LogP contribution in [0.25, 0.3) is 0 Å². The minimum absolute atomic E-state index is 0.0559. The van der Waals surface area contributed by atoms with Crippen molar-refractivity contribution in [2.45, 2.75) is 89.9 Å². The Morgan fingerprint density at radius 3 is 1.38 bits per heavy atom. The lowest BCUT2D eigenvalue weighted by Crippen LogP contribution is -2.31. The number of aromatic hydroxyl groups is 2. The summed E-state index contributed by atoms with van der Waals surface area (Å²) in [5.74, 6) is 0.756. The summed E-state index contributed by atoms with van der Waals surface area (Å²) in [5, 5.41) is 34.9. The van der Waals surface area contributed by atoms with Gasteiger partial charge in [-0.1, -0.05) is 85.1 Å². The molecule has 0 saturated heterocycles. The van der Waals surface area contributed by atoms with Crippen LogP contribution < -0.4 is 0 Å². The van der Waals surface area contributed by atoms with Gasteiger partial charge in [0.1, 0.15) is 11.5 Å². The van der Waals surface area contributed by atoms with Crippen LogP contribution in [0.3, 0.4) is 0 Å². The summed E-state index contributed by atoms with van der Waals surface area (Å²) in [6, 6.07) is 12.4. The summed E-state index contributed by atoms with van der Waals surface area (Å²) < 4.78 is 0. The Morgan fingerprint density at radius 1 is 0.719 bits per heavy atom. The van der Waals surface area contributed by atoms with Crippen LogP contribution in [0, 0.1) is 0 Å². The van der Waals surface area contributed by atoms with E-state index < -0.39 is 6.16 Å². The highest BCUT2D eigenvalue weighted by molar-refractivity contribution is 5.53. The van der Waals surface area contributed by atoms with E-state index in [4.69, 9.17) is 15.0 Å². The molecule has 5 heteroatoms. The van der Waals surface area contributed by atoms with E-state index in [-0.39, 0.29) is 16.2 Å². The maximum atomic E-state index is 10.5. The maximum Gasteiger partial charge on any atom is 0.503 e. The molecule has 0 spiro atoms. The summed E-state index contributed by atoms with van der Waals surface area (Å²) in [6.07, 6.45) is 4.07. The zero-order valence-corrected chi connectivity index (χ0v) is 20.2. The molecule has 32 heavy (non-hydrogen) atoms. The van der Waals surface area contributed by atoms with Crippen molar-refractivity contribution in [3.63, 3.8) is 0 Å². The lowest BCUT2D eigenvalue weighted by Gasteiger charge is -2.40. The van der Waals surface area contributed by atoms with Gasteiger partial charge in [-0.2, -0.15) is 0 Å². The molecule has 0 amide bonds. The van der Waals surface area contributed by atoms with Gasteiger partial charge in [-0.3, -0.25) is 0 Å². The Morgan fingerprint density at radius 2 is 1.06 bits per heavy atom. The molecule has 5 nitrogen and oxygen atoms in total. The molecular formula is C27H38O5. The molecule has 0 aromatic heterocycles. The molecule has 1 saturated carbocycles. The summed E-state index contributed by atoms with van der Waals surface area (Å²) >= 11 is 0. The molecule has 1 fully saturated rings. The molecule has 0 aliphatic heterocycles. The Bertz CT molecular complexity index is 872. The fourth-order valence-electron chi connectivity index (χ4n) is 4.77. The van der Waals surface area contributed by atoms with Crippen molar-refractivity contribution in [3.8, 4) is 11.5 Å². The van der Waals surface area contributed by atoms with Crippen molar-refractivity contribution in [2.75, 3.05) is 0 Å². The highest BCUT2D eigenvalue weighted by atomic mass is 16.6. The number of phenols is 2. The van der Waals surface area contributed by atoms with Crippen molar-refractivity contribution < 1.29 is 25.2 Å². The van der Waals surface area contributed by atoms with E-state index in [0.717, 1.165) is 24.0 Å². The fourth-order valence-corrected chi connectivity index (χ4v) is 4.77. The van der Waals surface area contributed by atoms with E-state index in [2.05, 4.69) is 65.8 Å². The third-order valence-electron chi connectivity index (χ3n) is 6.42. The average molecular weight is 443 g/mol. The summed E-state index contributed by atoms with van der Waals surface area (Å²) in [7, 11) is 0. The van der Waals surface area contributed by atoms with Crippen molar-refractivity contribution in [1.82, 2.24) is 0 Å². The number of carbonyl (C=O) groups is 1. The smallest absolute Gasteiger partial charge is 0.503 e. The monoisotopic (exact) mass is 442 g/mol. The van der Waals surface area contributed by atoms with Crippen LogP contribution in [0.1, 0.15) is 95.9 Å². The number of hydrogen-bond acceptors (Lipinski definition) is 3. The van der Waals surface area contributed by atoms with Crippen LogP contribution in [0.4, 0.5) is 4.79 Å². The third-order valence-corrected chi connectivity index (χ3v) is 6.42. The van der Waals surface area contributed by atoms with Crippen molar-refractivity contribution >= 4 is 6.16 Å². The molecule has 176 valence electrons. The molecule has 0 unspecified atom stereocenters. The molecule has 2 aromatic carbocycles. The lowest BCUT2D eigenvalue weighted by atomic mass is 9.64. The Balaban J connectivity index is 0.000000837. The topological polar surface area (TPSA) is 98.0 Å². The quantitative estimate of drug-likeness (QED) is 0.395. The average Bonchev–Trinajstić information content (AvgIpc) is 2.67. The second kappa shape index (κ2) is 9.43. The molecule has 4 N–H and O–H groups in total. The van der Waals surface area contributed by atoms with Gasteiger partial charge in [0.15, 0.2) is 0 Å². The van der Waals surface area contributed by atoms with Gasteiger partial charge >= 0.3 is 6.16 Å². The highest BCUT2D eigenvalue weighted by Gasteiger charge is 2.37. The lowest BCUT2D eigenvalue weighted by molar-refractivity contribution is 0.137. The van der Waals surface area contributed by atoms with Crippen LogP contribution in [-0.2, 0) is 16.2 Å². The summed E-state index contributed by atoms with van der Waals surface area (Å²) in [6.45, 7) is 12.9. The molecule has 1 aliphatic rings. The van der Waals surface area contributed by atoms with Crippen LogP contribution >= 0.6 is 0 Å². The minimum Gasteiger partial charge on any atom is -0.508 e. The van der Waals surface area contributed by atoms with Crippen LogP contribution in [0.5, 0.6) is 11.5 Å². The molecule has 0 radical (unpaired) electrons.